The number of unbranched alkanes of at least 4 members (excludes halogenated alkanes) is 64. The number of quaternary nitrogens is 1. The van der Waals surface area contributed by atoms with Gasteiger partial charge in [0.2, 0.25) is 0 Å². The van der Waals surface area contributed by atoms with Crippen molar-refractivity contribution in [3.8, 4) is 0 Å². The molecule has 102 heavy (non-hydrogen) atoms. The van der Waals surface area contributed by atoms with Crippen LogP contribution in [0.25, 0.3) is 0 Å². The Morgan fingerprint density at radius 1 is 0.314 bits per heavy atom. The van der Waals surface area contributed by atoms with Gasteiger partial charge in [-0.2, -0.15) is 0 Å². The molecule has 602 valence electrons. The average Bonchev–Trinajstić information content (AvgIpc) is 0.914. The Hall–Kier alpha value is -2.03. The summed E-state index contributed by atoms with van der Waals surface area (Å²) in [6.07, 6.45) is 112. The van der Waals surface area contributed by atoms with Crippen LogP contribution in [-0.2, 0) is 32.7 Å². The van der Waals surface area contributed by atoms with Gasteiger partial charge >= 0.3 is 11.9 Å². The topological polar surface area (TPSA) is 111 Å². The lowest BCUT2D eigenvalue weighted by Crippen LogP contribution is -2.37. The maximum Gasteiger partial charge on any atom is 0.306 e. The highest BCUT2D eigenvalue weighted by atomic mass is 31.2. The van der Waals surface area contributed by atoms with Gasteiger partial charge in [-0.1, -0.05) is 461 Å². The Kier molecular flexibility index (Phi) is 81.4. The van der Waals surface area contributed by atoms with E-state index in [9.17, 15) is 19.0 Å². The molecule has 0 saturated heterocycles. The van der Waals surface area contributed by atoms with Crippen LogP contribution in [0.5, 0.6) is 0 Å². The smallest absolute Gasteiger partial charge is 0.306 e. The van der Waals surface area contributed by atoms with Crippen LogP contribution in [0.3, 0.4) is 0 Å². The van der Waals surface area contributed by atoms with E-state index in [2.05, 4.69) is 62.5 Å². The van der Waals surface area contributed by atoms with Crippen molar-refractivity contribution in [2.75, 3.05) is 47.5 Å². The van der Waals surface area contributed by atoms with Gasteiger partial charge in [-0.05, 0) is 51.4 Å². The van der Waals surface area contributed by atoms with E-state index >= 15 is 0 Å². The monoisotopic (exact) mass is 1450 g/mol. The Balaban J connectivity index is 3.82. The van der Waals surface area contributed by atoms with Crippen LogP contribution in [0.1, 0.15) is 476 Å². The standard InChI is InChI=1S/C92H176NO8P/c1-6-8-10-12-14-16-18-20-22-24-26-28-30-32-34-36-38-40-42-44-46-48-50-52-54-56-58-60-62-64-66-68-70-72-74-76-78-80-82-84-91(94)98-88-90(89-100-102(96,97)99-87-86-93(3,4)5)101-92(95)85-83-81-79-77-75-73-71-69-67-65-63-61-59-57-55-53-51-49-47-45-43-41-39-37-35-33-31-29-27-25-23-21-19-17-15-13-11-9-7-2/h9,11,15,17,21,23,27,29,90H,6-8,10,12-14,16,18-20,22,24-26,28,30-89H2,1-5H3/b11-9-,17-15-,23-21-,29-27-. The zero-order chi connectivity index (χ0) is 74.0. The van der Waals surface area contributed by atoms with Crippen LogP contribution in [-0.4, -0.2) is 70.0 Å². The molecule has 0 bridgehead atoms. The lowest BCUT2D eigenvalue weighted by Gasteiger charge is -2.28. The first-order valence-electron chi connectivity index (χ1n) is 45.3. The number of ether oxygens (including phenoxy) is 2. The van der Waals surface area contributed by atoms with Crippen molar-refractivity contribution in [1.82, 2.24) is 0 Å². The predicted molar refractivity (Wildman–Crippen MR) is 444 cm³/mol. The van der Waals surface area contributed by atoms with E-state index in [4.69, 9.17) is 18.5 Å². The molecule has 0 rings (SSSR count). The van der Waals surface area contributed by atoms with Crippen molar-refractivity contribution in [3.05, 3.63) is 48.6 Å². The molecule has 0 aromatic heterocycles. The molecule has 2 atom stereocenters. The average molecular weight is 1460 g/mol. The minimum absolute atomic E-state index is 0.0268. The number of carbonyl (C=O) groups is 2. The summed E-state index contributed by atoms with van der Waals surface area (Å²) < 4.78 is 34.5. The molecule has 0 fully saturated rings. The van der Waals surface area contributed by atoms with E-state index in [0.29, 0.717) is 17.4 Å². The molecule has 0 aliphatic carbocycles. The quantitative estimate of drug-likeness (QED) is 0.0195. The molecular formula is C92H176NO8P. The van der Waals surface area contributed by atoms with Gasteiger partial charge in [0.15, 0.2) is 6.10 Å². The molecule has 0 aliphatic heterocycles. The first kappa shape index (κ1) is 100.0. The lowest BCUT2D eigenvalue weighted by molar-refractivity contribution is -0.870. The second kappa shape index (κ2) is 83.0. The Bertz CT molecular complexity index is 1860. The molecule has 2 unspecified atom stereocenters. The highest BCUT2D eigenvalue weighted by Gasteiger charge is 2.22. The van der Waals surface area contributed by atoms with Crippen LogP contribution < -0.4 is 4.89 Å². The summed E-state index contributed by atoms with van der Waals surface area (Å²) >= 11 is 0. The van der Waals surface area contributed by atoms with Crippen LogP contribution in [0.2, 0.25) is 0 Å². The third-order valence-corrected chi connectivity index (χ3v) is 21.8. The molecule has 0 aromatic rings. The van der Waals surface area contributed by atoms with Crippen LogP contribution in [0.4, 0.5) is 0 Å². The predicted octanol–water partition coefficient (Wildman–Crippen LogP) is 30.0. The minimum Gasteiger partial charge on any atom is -0.756 e. The van der Waals surface area contributed by atoms with Gasteiger partial charge in [0.05, 0.1) is 27.7 Å². The summed E-state index contributed by atoms with van der Waals surface area (Å²) in [7, 11) is 1.20. The van der Waals surface area contributed by atoms with Crippen LogP contribution in [0, 0.1) is 0 Å². The van der Waals surface area contributed by atoms with Crippen molar-refractivity contribution in [2.45, 2.75) is 482 Å². The molecule has 0 radical (unpaired) electrons. The maximum atomic E-state index is 12.9. The van der Waals surface area contributed by atoms with E-state index in [1.165, 1.54) is 385 Å². The summed E-state index contributed by atoms with van der Waals surface area (Å²) in [6.45, 7) is 4.22. The van der Waals surface area contributed by atoms with Crippen molar-refractivity contribution in [1.29, 1.82) is 0 Å². The third-order valence-electron chi connectivity index (χ3n) is 20.9. The number of likely N-dealkylation sites (N-methyl/N-ethyl adjacent to an activating group) is 1. The molecule has 9 nitrogen and oxygen atoms in total. The number of nitrogens with zero attached hydrogens (tertiary/aromatic N) is 1. The van der Waals surface area contributed by atoms with E-state index in [0.717, 1.165) is 57.8 Å². The fourth-order valence-corrected chi connectivity index (χ4v) is 14.7. The first-order valence-corrected chi connectivity index (χ1v) is 46.8. The summed E-state index contributed by atoms with van der Waals surface area (Å²) in [5, 5.41) is 0. The molecule has 0 amide bonds. The van der Waals surface area contributed by atoms with Gasteiger partial charge in [-0.25, -0.2) is 0 Å². The lowest BCUT2D eigenvalue weighted by atomic mass is 10.0. The largest absolute Gasteiger partial charge is 0.756 e. The fraction of sp³-hybridized carbons (Fsp3) is 0.891. The highest BCUT2D eigenvalue weighted by molar-refractivity contribution is 7.45. The van der Waals surface area contributed by atoms with E-state index in [1.807, 2.05) is 21.1 Å². The van der Waals surface area contributed by atoms with Gasteiger partial charge in [0.1, 0.15) is 19.8 Å². The van der Waals surface area contributed by atoms with Crippen molar-refractivity contribution < 1.29 is 42.1 Å². The maximum absolute atomic E-state index is 12.9. The summed E-state index contributed by atoms with van der Waals surface area (Å²) in [5.74, 6) is -0.803. The minimum atomic E-state index is -4.65. The van der Waals surface area contributed by atoms with Gasteiger partial charge in [0, 0.05) is 12.8 Å². The van der Waals surface area contributed by atoms with E-state index in [1.54, 1.807) is 0 Å². The number of hydrogen-bond donors (Lipinski definition) is 0. The molecule has 0 aliphatic rings. The normalized spacial score (nSPS) is 13.1. The van der Waals surface area contributed by atoms with Gasteiger partial charge in [-0.3, -0.25) is 14.2 Å². The first-order chi connectivity index (χ1) is 50.0. The number of allylic oxidation sites excluding steroid dienone is 8. The van der Waals surface area contributed by atoms with Crippen LogP contribution in [0.15, 0.2) is 48.6 Å². The molecule has 0 spiro atoms. The zero-order valence-electron chi connectivity index (χ0n) is 69.1. The zero-order valence-corrected chi connectivity index (χ0v) is 70.0. The molecule has 0 aromatic carbocycles. The number of rotatable bonds is 86. The molecule has 0 heterocycles. The van der Waals surface area contributed by atoms with Crippen LogP contribution >= 0.6 is 7.82 Å². The van der Waals surface area contributed by atoms with Gasteiger partial charge < -0.3 is 27.9 Å². The van der Waals surface area contributed by atoms with Crippen molar-refractivity contribution >= 4 is 19.8 Å². The number of hydrogen-bond acceptors (Lipinski definition) is 8. The van der Waals surface area contributed by atoms with E-state index < -0.39 is 26.5 Å². The van der Waals surface area contributed by atoms with Crippen molar-refractivity contribution in [2.24, 2.45) is 0 Å². The van der Waals surface area contributed by atoms with Gasteiger partial charge in [-0.15, -0.1) is 0 Å². The summed E-state index contributed by atoms with van der Waals surface area (Å²) in [6, 6.07) is 0. The highest BCUT2D eigenvalue weighted by Crippen LogP contribution is 2.38. The molecule has 10 heteroatoms. The fourth-order valence-electron chi connectivity index (χ4n) is 14.0. The molecule has 0 saturated carbocycles. The third kappa shape index (κ3) is 86.9. The Morgan fingerprint density at radius 3 is 0.833 bits per heavy atom. The molecular weight excluding hydrogens is 1280 g/mol. The SMILES string of the molecule is CC/C=C\C/C=C\C/C=C\C/C=C\CCCCCCCCCCCCCCCCCCCCCCCCCCCCC(=O)OC(COC(=O)CCCCCCCCCCCCCCCCCCCCCCCCCCCCCCCCCCCCCCCCC)COP(=O)([O-])OCC[N+](C)(C)C. The Labute approximate surface area is 636 Å². The Morgan fingerprint density at radius 2 is 0.559 bits per heavy atom. The number of carbonyl (C=O) groups excluding carboxylic acids is 2. The van der Waals surface area contributed by atoms with Gasteiger partial charge in [0.25, 0.3) is 7.82 Å². The summed E-state index contributed by atoms with van der Waals surface area (Å²) in [5.41, 5.74) is 0. The molecule has 0 N–H and O–H groups in total. The number of phosphoric acid groups is 1. The second-order valence-corrected chi connectivity index (χ2v) is 33.7. The number of esters is 2. The number of phosphoric ester groups is 1. The second-order valence-electron chi connectivity index (χ2n) is 32.3. The van der Waals surface area contributed by atoms with E-state index in [-0.39, 0.29) is 32.0 Å². The summed E-state index contributed by atoms with van der Waals surface area (Å²) in [4.78, 5) is 38.3. The van der Waals surface area contributed by atoms with Crippen molar-refractivity contribution in [3.63, 3.8) is 0 Å².